The van der Waals surface area contributed by atoms with E-state index < -0.39 is 22.8 Å². The lowest BCUT2D eigenvalue weighted by molar-refractivity contribution is 0.0695. The summed E-state index contributed by atoms with van der Waals surface area (Å²) in [5.74, 6) is -2.20. The molecule has 0 unspecified atom stereocenters. The number of hydrazine groups is 1. The molecule has 0 bridgehead atoms. The Bertz CT molecular complexity index is 1020. The Labute approximate surface area is 141 Å². The molecule has 25 heavy (non-hydrogen) atoms. The number of fused-ring (bicyclic) bond motifs is 1. The Morgan fingerprint density at radius 3 is 2.56 bits per heavy atom. The van der Waals surface area contributed by atoms with E-state index in [0.29, 0.717) is 5.69 Å². The fourth-order valence-electron chi connectivity index (χ4n) is 2.45. The standard InChI is InChI=1S/C17H15FN4O3/c1-21(2)20-15-13(18)8-11-14(23)12(17(24)25)9-22(16(11)19-15)10-6-4-3-5-7-10/h3-9H,1-2H3,(H,19,20)(H,24,25). The van der Waals surface area contributed by atoms with Crippen LogP contribution in [0.1, 0.15) is 10.4 Å². The van der Waals surface area contributed by atoms with Crippen LogP contribution in [0.2, 0.25) is 0 Å². The molecule has 0 aliphatic rings. The third-order valence-corrected chi connectivity index (χ3v) is 3.53. The Balaban J connectivity index is 2.41. The van der Waals surface area contributed by atoms with Crippen molar-refractivity contribution in [2.75, 3.05) is 19.5 Å². The van der Waals surface area contributed by atoms with E-state index in [1.54, 1.807) is 44.4 Å². The van der Waals surface area contributed by atoms with Gasteiger partial charge in [-0.2, -0.15) is 0 Å². The minimum Gasteiger partial charge on any atom is -0.477 e. The number of nitrogens with one attached hydrogen (secondary N) is 1. The van der Waals surface area contributed by atoms with Crippen molar-refractivity contribution in [3.05, 3.63) is 64.2 Å². The summed E-state index contributed by atoms with van der Waals surface area (Å²) in [7, 11) is 3.34. The summed E-state index contributed by atoms with van der Waals surface area (Å²) in [5, 5.41) is 10.7. The first-order valence-corrected chi connectivity index (χ1v) is 7.37. The molecule has 0 atom stereocenters. The summed E-state index contributed by atoms with van der Waals surface area (Å²) in [6, 6.07) is 9.81. The van der Waals surface area contributed by atoms with Crippen LogP contribution in [-0.4, -0.2) is 39.7 Å². The zero-order valence-electron chi connectivity index (χ0n) is 13.5. The molecule has 3 rings (SSSR count). The molecule has 1 aromatic carbocycles. The predicted octanol–water partition coefficient (Wildman–Crippen LogP) is 2.11. The summed E-state index contributed by atoms with van der Waals surface area (Å²) in [6.07, 6.45) is 1.20. The van der Waals surface area contributed by atoms with E-state index in [9.17, 15) is 19.1 Å². The lowest BCUT2D eigenvalue weighted by Gasteiger charge is -2.16. The van der Waals surface area contributed by atoms with Crippen LogP contribution in [0.5, 0.6) is 0 Å². The van der Waals surface area contributed by atoms with Crippen LogP contribution < -0.4 is 10.9 Å². The molecule has 7 nitrogen and oxygen atoms in total. The van der Waals surface area contributed by atoms with Crippen LogP contribution in [0.3, 0.4) is 0 Å². The highest BCUT2D eigenvalue weighted by Gasteiger charge is 2.19. The van der Waals surface area contributed by atoms with Crippen molar-refractivity contribution in [3.63, 3.8) is 0 Å². The fraction of sp³-hybridized carbons (Fsp3) is 0.118. The maximum atomic E-state index is 14.3. The number of rotatable bonds is 4. The van der Waals surface area contributed by atoms with Crippen molar-refractivity contribution < 1.29 is 14.3 Å². The van der Waals surface area contributed by atoms with Gasteiger partial charge in [0.25, 0.3) is 0 Å². The second-order valence-electron chi connectivity index (χ2n) is 5.58. The van der Waals surface area contributed by atoms with Gasteiger partial charge in [-0.15, -0.1) is 0 Å². The summed E-state index contributed by atoms with van der Waals surface area (Å²) in [6.45, 7) is 0. The van der Waals surface area contributed by atoms with E-state index >= 15 is 0 Å². The molecule has 0 saturated heterocycles. The molecule has 8 heteroatoms. The number of hydrogen-bond donors (Lipinski definition) is 2. The van der Waals surface area contributed by atoms with Gasteiger partial charge in [0.05, 0.1) is 5.39 Å². The first-order chi connectivity index (χ1) is 11.9. The van der Waals surface area contributed by atoms with Crippen LogP contribution in [0.25, 0.3) is 16.7 Å². The van der Waals surface area contributed by atoms with Gasteiger partial charge in [-0.1, -0.05) is 18.2 Å². The average molecular weight is 342 g/mol. The summed E-state index contributed by atoms with van der Waals surface area (Å²) in [4.78, 5) is 28.0. The van der Waals surface area contributed by atoms with Gasteiger partial charge in [0.1, 0.15) is 5.56 Å². The van der Waals surface area contributed by atoms with Gasteiger partial charge in [0, 0.05) is 26.0 Å². The van der Waals surface area contributed by atoms with Gasteiger partial charge in [0.2, 0.25) is 5.43 Å². The maximum Gasteiger partial charge on any atom is 0.341 e. The van der Waals surface area contributed by atoms with Crippen molar-refractivity contribution in [2.45, 2.75) is 0 Å². The molecule has 2 aromatic heterocycles. The molecular weight excluding hydrogens is 327 g/mol. The zero-order valence-corrected chi connectivity index (χ0v) is 13.5. The largest absolute Gasteiger partial charge is 0.477 e. The molecule has 0 radical (unpaired) electrons. The number of aromatic carboxylic acids is 1. The maximum absolute atomic E-state index is 14.3. The Hall–Kier alpha value is -3.26. The minimum atomic E-state index is -1.38. The van der Waals surface area contributed by atoms with Crippen LogP contribution in [0.4, 0.5) is 10.2 Å². The molecule has 3 aromatic rings. The van der Waals surface area contributed by atoms with Crippen LogP contribution in [0.15, 0.2) is 47.4 Å². The lowest BCUT2D eigenvalue weighted by atomic mass is 10.1. The van der Waals surface area contributed by atoms with E-state index in [4.69, 9.17) is 0 Å². The van der Waals surface area contributed by atoms with Crippen molar-refractivity contribution in [3.8, 4) is 5.69 Å². The van der Waals surface area contributed by atoms with E-state index in [1.165, 1.54) is 15.8 Å². The number of carbonyl (C=O) groups is 1. The van der Waals surface area contributed by atoms with E-state index in [2.05, 4.69) is 10.4 Å². The number of nitrogens with zero attached hydrogens (tertiary/aromatic N) is 3. The molecule has 0 aliphatic heterocycles. The number of benzene rings is 1. The first kappa shape index (κ1) is 16.6. The van der Waals surface area contributed by atoms with Crippen LogP contribution >= 0.6 is 0 Å². The average Bonchev–Trinajstić information content (AvgIpc) is 2.57. The quantitative estimate of drug-likeness (QED) is 0.706. The van der Waals surface area contributed by atoms with Gasteiger partial charge in [0.15, 0.2) is 17.3 Å². The Morgan fingerprint density at radius 2 is 1.96 bits per heavy atom. The fourth-order valence-corrected chi connectivity index (χ4v) is 2.45. The van der Waals surface area contributed by atoms with Crippen molar-refractivity contribution in [1.82, 2.24) is 14.6 Å². The van der Waals surface area contributed by atoms with Gasteiger partial charge in [-0.25, -0.2) is 19.2 Å². The lowest BCUT2D eigenvalue weighted by Crippen LogP contribution is -2.23. The summed E-state index contributed by atoms with van der Waals surface area (Å²) < 4.78 is 15.7. The summed E-state index contributed by atoms with van der Waals surface area (Å²) >= 11 is 0. The first-order valence-electron chi connectivity index (χ1n) is 7.37. The van der Waals surface area contributed by atoms with Gasteiger partial charge in [-0.05, 0) is 18.2 Å². The monoisotopic (exact) mass is 342 g/mol. The molecule has 128 valence electrons. The number of carboxylic acid groups (broad SMARTS) is 1. The van der Waals surface area contributed by atoms with Gasteiger partial charge < -0.3 is 15.1 Å². The van der Waals surface area contributed by atoms with Crippen LogP contribution in [0, 0.1) is 5.82 Å². The number of para-hydroxylation sites is 1. The third-order valence-electron chi connectivity index (χ3n) is 3.53. The smallest absolute Gasteiger partial charge is 0.341 e. The predicted molar refractivity (Wildman–Crippen MR) is 91.6 cm³/mol. The Kier molecular flexibility index (Phi) is 4.20. The molecule has 0 spiro atoms. The molecule has 0 amide bonds. The highest BCUT2D eigenvalue weighted by molar-refractivity contribution is 5.92. The summed E-state index contributed by atoms with van der Waals surface area (Å²) in [5.41, 5.74) is 2.24. The van der Waals surface area contributed by atoms with Crippen molar-refractivity contribution >= 4 is 22.8 Å². The SMILES string of the molecule is CN(C)Nc1nc2c(cc1F)c(=O)c(C(=O)O)cn2-c1ccccc1. The Morgan fingerprint density at radius 1 is 1.28 bits per heavy atom. The van der Waals surface area contributed by atoms with Crippen molar-refractivity contribution in [1.29, 1.82) is 0 Å². The van der Waals surface area contributed by atoms with E-state index in [0.717, 1.165) is 6.07 Å². The number of aromatic nitrogens is 2. The minimum absolute atomic E-state index is 0.0651. The molecule has 0 saturated carbocycles. The number of pyridine rings is 2. The molecule has 0 fully saturated rings. The van der Waals surface area contributed by atoms with Gasteiger partial charge in [-0.3, -0.25) is 4.79 Å². The second kappa shape index (κ2) is 6.33. The van der Waals surface area contributed by atoms with E-state index in [1.807, 2.05) is 0 Å². The normalized spacial score (nSPS) is 11.0. The second-order valence-corrected chi connectivity index (χ2v) is 5.58. The number of halogens is 1. The zero-order chi connectivity index (χ0) is 18.1. The third kappa shape index (κ3) is 3.07. The molecular formula is C17H15FN4O3. The molecule has 2 N–H and O–H groups in total. The number of carboxylic acids is 1. The number of hydrogen-bond acceptors (Lipinski definition) is 5. The highest BCUT2D eigenvalue weighted by Crippen LogP contribution is 2.21. The van der Waals surface area contributed by atoms with Gasteiger partial charge >= 0.3 is 5.97 Å². The topological polar surface area (TPSA) is 87.5 Å². The van der Waals surface area contributed by atoms with E-state index in [-0.39, 0.29) is 16.9 Å². The molecule has 2 heterocycles. The highest BCUT2D eigenvalue weighted by atomic mass is 19.1. The van der Waals surface area contributed by atoms with Crippen molar-refractivity contribution in [2.24, 2.45) is 0 Å². The number of anilines is 1. The molecule has 0 aliphatic carbocycles. The van der Waals surface area contributed by atoms with Crippen LogP contribution in [-0.2, 0) is 0 Å².